The van der Waals surface area contributed by atoms with Gasteiger partial charge in [-0.1, -0.05) is 48.0 Å². The van der Waals surface area contributed by atoms with Crippen molar-refractivity contribution in [1.82, 2.24) is 4.98 Å². The Morgan fingerprint density at radius 3 is 2.71 bits per heavy atom. The second kappa shape index (κ2) is 7.82. The van der Waals surface area contributed by atoms with E-state index >= 15 is 0 Å². The Bertz CT molecular complexity index is 1290. The zero-order chi connectivity index (χ0) is 21.5. The van der Waals surface area contributed by atoms with Crippen molar-refractivity contribution in [2.75, 3.05) is 11.1 Å². The van der Waals surface area contributed by atoms with Crippen molar-refractivity contribution < 1.29 is 4.79 Å². The first-order chi connectivity index (χ1) is 15.0. The highest BCUT2D eigenvalue weighted by molar-refractivity contribution is 7.21. The van der Waals surface area contributed by atoms with E-state index in [0.717, 1.165) is 46.4 Å². The van der Waals surface area contributed by atoms with Crippen molar-refractivity contribution in [2.45, 2.75) is 39.0 Å². The highest BCUT2D eigenvalue weighted by Gasteiger charge is 2.24. The van der Waals surface area contributed by atoms with E-state index in [1.165, 1.54) is 28.0 Å². The topological polar surface area (TPSA) is 68.0 Å². The first-order valence-corrected chi connectivity index (χ1v) is 11.5. The van der Waals surface area contributed by atoms with Gasteiger partial charge in [0.25, 0.3) is 5.91 Å². The molecule has 5 heteroatoms. The molecular weight excluding hydrogens is 402 g/mol. The van der Waals surface area contributed by atoms with Crippen LogP contribution in [-0.2, 0) is 12.8 Å². The number of amides is 1. The number of nitrogens with one attached hydrogen (secondary N) is 1. The third-order valence-electron chi connectivity index (χ3n) is 6.19. The van der Waals surface area contributed by atoms with Crippen LogP contribution in [0.4, 0.5) is 11.4 Å². The highest BCUT2D eigenvalue weighted by atomic mass is 32.1. The maximum absolute atomic E-state index is 13.0. The van der Waals surface area contributed by atoms with Crippen LogP contribution in [0.2, 0.25) is 0 Å². The molecule has 1 amide bonds. The molecule has 4 nitrogen and oxygen atoms in total. The summed E-state index contributed by atoms with van der Waals surface area (Å²) in [6.07, 6.45) is 3.00. The van der Waals surface area contributed by atoms with E-state index < -0.39 is 0 Å². The van der Waals surface area contributed by atoms with Crippen molar-refractivity contribution in [3.8, 4) is 0 Å². The van der Waals surface area contributed by atoms with E-state index in [4.69, 9.17) is 10.7 Å². The van der Waals surface area contributed by atoms with Gasteiger partial charge in [-0.3, -0.25) is 4.79 Å². The fourth-order valence-electron chi connectivity index (χ4n) is 4.50. The minimum absolute atomic E-state index is 0.174. The Balaban J connectivity index is 1.46. The lowest BCUT2D eigenvalue weighted by Crippen LogP contribution is -2.14. The third-order valence-corrected chi connectivity index (χ3v) is 7.31. The van der Waals surface area contributed by atoms with Crippen LogP contribution in [0.15, 0.2) is 54.6 Å². The predicted octanol–water partition coefficient (Wildman–Crippen LogP) is 6.02. The molecule has 1 atom stereocenters. The molecule has 2 aromatic heterocycles. The molecule has 0 aliphatic heterocycles. The number of anilines is 2. The normalized spacial score (nSPS) is 15.6. The van der Waals surface area contributed by atoms with Gasteiger partial charge in [-0.15, -0.1) is 11.3 Å². The average Bonchev–Trinajstić information content (AvgIpc) is 3.10. The van der Waals surface area contributed by atoms with Crippen LogP contribution in [0.25, 0.3) is 10.2 Å². The maximum Gasteiger partial charge on any atom is 0.267 e. The molecule has 0 spiro atoms. The van der Waals surface area contributed by atoms with Crippen molar-refractivity contribution >= 4 is 38.8 Å². The van der Waals surface area contributed by atoms with Gasteiger partial charge in [0.1, 0.15) is 9.71 Å². The Morgan fingerprint density at radius 1 is 1.13 bits per heavy atom. The van der Waals surface area contributed by atoms with Crippen molar-refractivity contribution in [3.63, 3.8) is 0 Å². The Kier molecular flexibility index (Phi) is 4.98. The molecule has 0 fully saturated rings. The number of aryl methyl sites for hydroxylation is 3. The Morgan fingerprint density at radius 2 is 1.94 bits per heavy atom. The smallest absolute Gasteiger partial charge is 0.267 e. The van der Waals surface area contributed by atoms with Gasteiger partial charge in [-0.05, 0) is 67.9 Å². The van der Waals surface area contributed by atoms with Gasteiger partial charge in [-0.25, -0.2) is 4.98 Å². The van der Waals surface area contributed by atoms with E-state index in [9.17, 15) is 4.79 Å². The zero-order valence-corrected chi connectivity index (χ0v) is 18.6. The zero-order valence-electron chi connectivity index (χ0n) is 17.7. The number of hydrogen-bond donors (Lipinski definition) is 2. The molecule has 1 aliphatic carbocycles. The summed E-state index contributed by atoms with van der Waals surface area (Å²) in [6.45, 7) is 4.04. The second-order valence-corrected chi connectivity index (χ2v) is 9.41. The molecule has 0 radical (unpaired) electrons. The maximum atomic E-state index is 13.0. The number of thiophene rings is 1. The molecule has 0 saturated carbocycles. The molecule has 0 saturated heterocycles. The number of carbonyl (C=O) groups is 1. The summed E-state index contributed by atoms with van der Waals surface area (Å²) >= 11 is 1.38. The number of rotatable bonds is 3. The van der Waals surface area contributed by atoms with Gasteiger partial charge in [0.05, 0.1) is 5.69 Å². The van der Waals surface area contributed by atoms with Gasteiger partial charge >= 0.3 is 0 Å². The first kappa shape index (κ1) is 19.8. The standard InChI is InChI=1S/C26H25N3OS/c1-15-8-10-21(16(2)12-15)28-25(30)24-23(27)20-14-19-13-18(17-6-4-3-5-7-17)9-11-22(19)29-26(20)31-24/h3-8,10,12,14,18H,9,11,13,27H2,1-2H3,(H,28,30). The number of benzene rings is 2. The summed E-state index contributed by atoms with van der Waals surface area (Å²) in [5.74, 6) is 0.327. The summed E-state index contributed by atoms with van der Waals surface area (Å²) in [6, 6.07) is 18.8. The minimum atomic E-state index is -0.174. The fourth-order valence-corrected chi connectivity index (χ4v) is 5.49. The molecule has 4 aromatic rings. The van der Waals surface area contributed by atoms with E-state index in [0.29, 0.717) is 16.5 Å². The monoisotopic (exact) mass is 427 g/mol. The predicted molar refractivity (Wildman–Crippen MR) is 129 cm³/mol. The largest absolute Gasteiger partial charge is 0.397 e. The van der Waals surface area contributed by atoms with Crippen molar-refractivity contribution in [3.05, 3.63) is 87.4 Å². The van der Waals surface area contributed by atoms with Gasteiger partial charge in [0.2, 0.25) is 0 Å². The number of hydrogen-bond acceptors (Lipinski definition) is 4. The summed E-state index contributed by atoms with van der Waals surface area (Å²) in [7, 11) is 0. The summed E-state index contributed by atoms with van der Waals surface area (Å²) in [5, 5.41) is 3.91. The summed E-state index contributed by atoms with van der Waals surface area (Å²) < 4.78 is 0. The molecule has 1 aliphatic rings. The van der Waals surface area contributed by atoms with E-state index in [1.807, 2.05) is 26.0 Å². The number of pyridine rings is 1. The highest BCUT2D eigenvalue weighted by Crippen LogP contribution is 2.38. The van der Waals surface area contributed by atoms with E-state index in [1.54, 1.807) is 0 Å². The number of aromatic nitrogens is 1. The fraction of sp³-hybridized carbons (Fsp3) is 0.231. The van der Waals surface area contributed by atoms with Gasteiger partial charge in [0.15, 0.2) is 0 Å². The summed E-state index contributed by atoms with van der Waals surface area (Å²) in [5.41, 5.74) is 13.7. The second-order valence-electron chi connectivity index (χ2n) is 8.41. The number of nitrogens with zero attached hydrogens (tertiary/aromatic N) is 1. The average molecular weight is 428 g/mol. The Labute approximate surface area is 186 Å². The van der Waals surface area contributed by atoms with Crippen LogP contribution in [0.5, 0.6) is 0 Å². The minimum Gasteiger partial charge on any atom is -0.397 e. The lowest BCUT2D eigenvalue weighted by molar-refractivity contribution is 0.103. The van der Waals surface area contributed by atoms with E-state index in [2.05, 4.69) is 47.8 Å². The molecular formula is C26H25N3OS. The number of fused-ring (bicyclic) bond motifs is 2. The quantitative estimate of drug-likeness (QED) is 0.420. The third kappa shape index (κ3) is 3.70. The molecule has 156 valence electrons. The SMILES string of the molecule is Cc1ccc(NC(=O)c2sc3nc4c(cc3c2N)CC(c2ccccc2)CC4)c(C)c1. The molecule has 2 heterocycles. The lowest BCUT2D eigenvalue weighted by atomic mass is 9.82. The number of carbonyl (C=O) groups excluding carboxylic acids is 1. The molecule has 2 aromatic carbocycles. The molecule has 5 rings (SSSR count). The van der Waals surface area contributed by atoms with Crippen LogP contribution < -0.4 is 11.1 Å². The van der Waals surface area contributed by atoms with Gasteiger partial charge < -0.3 is 11.1 Å². The van der Waals surface area contributed by atoms with Crippen LogP contribution in [0.3, 0.4) is 0 Å². The molecule has 0 bridgehead atoms. The Hall–Kier alpha value is -3.18. The lowest BCUT2D eigenvalue weighted by Gasteiger charge is -2.24. The molecule has 3 N–H and O–H groups in total. The van der Waals surface area contributed by atoms with Crippen LogP contribution in [0, 0.1) is 13.8 Å². The van der Waals surface area contributed by atoms with Crippen LogP contribution >= 0.6 is 11.3 Å². The summed E-state index contributed by atoms with van der Waals surface area (Å²) in [4.78, 5) is 19.3. The van der Waals surface area contributed by atoms with Crippen molar-refractivity contribution in [2.24, 2.45) is 0 Å². The molecule has 1 unspecified atom stereocenters. The van der Waals surface area contributed by atoms with E-state index in [-0.39, 0.29) is 5.91 Å². The first-order valence-electron chi connectivity index (χ1n) is 10.6. The molecule has 31 heavy (non-hydrogen) atoms. The number of nitrogens with two attached hydrogens (primary N) is 1. The van der Waals surface area contributed by atoms with Crippen molar-refractivity contribution in [1.29, 1.82) is 0 Å². The van der Waals surface area contributed by atoms with Gasteiger partial charge in [-0.2, -0.15) is 0 Å². The van der Waals surface area contributed by atoms with Gasteiger partial charge in [0, 0.05) is 16.8 Å². The van der Waals surface area contributed by atoms with Crippen LogP contribution in [0.1, 0.15) is 50.0 Å². The van der Waals surface area contributed by atoms with Crippen LogP contribution in [-0.4, -0.2) is 10.9 Å². The number of nitrogen functional groups attached to an aromatic ring is 1.